The van der Waals surface area contributed by atoms with Gasteiger partial charge in [-0.05, 0) is 12.1 Å². The third-order valence-corrected chi connectivity index (χ3v) is 2.50. The molecule has 0 fully saturated rings. The minimum atomic E-state index is 0.105. The van der Waals surface area contributed by atoms with Gasteiger partial charge in [-0.15, -0.1) is 0 Å². The molecule has 2 rings (SSSR count). The molecule has 9 nitrogen and oxygen atoms in total. The fourth-order valence-corrected chi connectivity index (χ4v) is 1.55. The van der Waals surface area contributed by atoms with Gasteiger partial charge >= 0.3 is 6.01 Å². The van der Waals surface area contributed by atoms with Crippen LogP contribution >= 0.6 is 0 Å². The van der Waals surface area contributed by atoms with Crippen LogP contribution in [0.1, 0.15) is 5.56 Å². The first kappa shape index (κ1) is 14.3. The molecular weight excluding hydrogens is 274 g/mol. The lowest BCUT2D eigenvalue weighted by Gasteiger charge is -2.11. The van der Waals surface area contributed by atoms with Crippen molar-refractivity contribution in [2.45, 2.75) is 0 Å². The van der Waals surface area contributed by atoms with Crippen LogP contribution in [-0.4, -0.2) is 29.2 Å². The molecular formula is C12H13N7O2. The summed E-state index contributed by atoms with van der Waals surface area (Å²) < 4.78 is 10.2. The molecule has 0 amide bonds. The Bertz CT molecular complexity index is 662. The van der Waals surface area contributed by atoms with Crippen LogP contribution in [0.15, 0.2) is 18.2 Å². The Kier molecular flexibility index (Phi) is 4.33. The van der Waals surface area contributed by atoms with Gasteiger partial charge in [-0.2, -0.15) is 20.2 Å². The molecule has 21 heavy (non-hydrogen) atoms. The molecule has 108 valence electrons. The molecule has 9 heteroatoms. The molecule has 2 aromatic rings. The number of nitrogens with two attached hydrogens (primary N) is 1. The molecule has 0 spiro atoms. The Morgan fingerprint density at radius 3 is 2.52 bits per heavy atom. The standard InChI is InChI=1S/C12H13N7O2/c1-20-9-5-7(6-13)3-4-8(9)15-10-16-11(19-14)18-12(17-10)21-2/h3-5H,14H2,1-2H3,(H2,15,16,17,18,19). The third kappa shape index (κ3) is 3.26. The Balaban J connectivity index is 2.35. The number of benzene rings is 1. The van der Waals surface area contributed by atoms with Gasteiger partial charge in [-0.1, -0.05) is 0 Å². The molecule has 0 saturated carbocycles. The summed E-state index contributed by atoms with van der Waals surface area (Å²) in [5, 5.41) is 11.8. The van der Waals surface area contributed by atoms with Gasteiger partial charge in [0, 0.05) is 6.07 Å². The molecule has 1 aromatic heterocycles. The van der Waals surface area contributed by atoms with E-state index in [0.717, 1.165) is 0 Å². The van der Waals surface area contributed by atoms with E-state index in [0.29, 0.717) is 17.0 Å². The van der Waals surface area contributed by atoms with E-state index < -0.39 is 0 Å². The summed E-state index contributed by atoms with van der Waals surface area (Å²) in [6.45, 7) is 0. The number of hydrogen-bond donors (Lipinski definition) is 3. The molecule has 1 heterocycles. The topological polar surface area (TPSA) is 131 Å². The van der Waals surface area contributed by atoms with Gasteiger partial charge in [-0.3, -0.25) is 5.43 Å². The summed E-state index contributed by atoms with van der Waals surface area (Å²) in [5.41, 5.74) is 3.39. The van der Waals surface area contributed by atoms with E-state index >= 15 is 0 Å². The third-order valence-electron chi connectivity index (χ3n) is 2.50. The number of anilines is 3. The summed E-state index contributed by atoms with van der Waals surface area (Å²) in [5.74, 6) is 6.14. The normalized spacial score (nSPS) is 9.62. The summed E-state index contributed by atoms with van der Waals surface area (Å²) >= 11 is 0. The predicted molar refractivity (Wildman–Crippen MR) is 75.2 cm³/mol. The van der Waals surface area contributed by atoms with Gasteiger partial charge in [0.1, 0.15) is 5.75 Å². The van der Waals surface area contributed by atoms with Gasteiger partial charge in [0.15, 0.2) is 0 Å². The summed E-state index contributed by atoms with van der Waals surface area (Å²) in [7, 11) is 2.93. The van der Waals surface area contributed by atoms with Crippen molar-refractivity contribution in [2.24, 2.45) is 5.84 Å². The van der Waals surface area contributed by atoms with Gasteiger partial charge in [0.25, 0.3) is 0 Å². The van der Waals surface area contributed by atoms with Crippen molar-refractivity contribution in [3.05, 3.63) is 23.8 Å². The highest BCUT2D eigenvalue weighted by atomic mass is 16.5. The SMILES string of the molecule is COc1nc(NN)nc(Nc2ccc(C#N)cc2OC)n1. The number of nitrogen functional groups attached to an aromatic ring is 1. The molecule has 1 aromatic carbocycles. The van der Waals surface area contributed by atoms with Crippen molar-refractivity contribution in [1.82, 2.24) is 15.0 Å². The van der Waals surface area contributed by atoms with Crippen molar-refractivity contribution in [1.29, 1.82) is 5.26 Å². The van der Waals surface area contributed by atoms with Crippen LogP contribution in [0.3, 0.4) is 0 Å². The molecule has 0 unspecified atom stereocenters. The number of methoxy groups -OCH3 is 2. The number of nitrogens with one attached hydrogen (secondary N) is 2. The van der Waals surface area contributed by atoms with Crippen molar-refractivity contribution in [2.75, 3.05) is 25.0 Å². The lowest BCUT2D eigenvalue weighted by atomic mass is 10.2. The van der Waals surface area contributed by atoms with Crippen LogP contribution in [0.5, 0.6) is 11.8 Å². The molecule has 0 bridgehead atoms. The zero-order chi connectivity index (χ0) is 15.2. The first-order valence-electron chi connectivity index (χ1n) is 5.82. The first-order valence-corrected chi connectivity index (χ1v) is 5.82. The maximum atomic E-state index is 8.88. The Hall–Kier alpha value is -3.12. The van der Waals surface area contributed by atoms with Crippen LogP contribution < -0.4 is 26.1 Å². The van der Waals surface area contributed by atoms with Crippen molar-refractivity contribution < 1.29 is 9.47 Å². The zero-order valence-electron chi connectivity index (χ0n) is 11.4. The van der Waals surface area contributed by atoms with Crippen LogP contribution in [0.2, 0.25) is 0 Å². The fraction of sp³-hybridized carbons (Fsp3) is 0.167. The second-order valence-electron chi connectivity index (χ2n) is 3.77. The smallest absolute Gasteiger partial charge is 0.322 e. The zero-order valence-corrected chi connectivity index (χ0v) is 11.4. The van der Waals surface area contributed by atoms with Gasteiger partial charge in [0.05, 0.1) is 31.5 Å². The Morgan fingerprint density at radius 2 is 1.90 bits per heavy atom. The number of ether oxygens (including phenoxy) is 2. The van der Waals surface area contributed by atoms with E-state index in [9.17, 15) is 0 Å². The lowest BCUT2D eigenvalue weighted by Crippen LogP contribution is -2.13. The van der Waals surface area contributed by atoms with E-state index in [-0.39, 0.29) is 17.9 Å². The van der Waals surface area contributed by atoms with Crippen LogP contribution in [0.4, 0.5) is 17.6 Å². The Morgan fingerprint density at radius 1 is 1.14 bits per heavy atom. The highest BCUT2D eigenvalue weighted by Crippen LogP contribution is 2.28. The highest BCUT2D eigenvalue weighted by Gasteiger charge is 2.10. The largest absolute Gasteiger partial charge is 0.495 e. The second kappa shape index (κ2) is 6.36. The average molecular weight is 287 g/mol. The molecule has 0 aliphatic rings. The summed E-state index contributed by atoms with van der Waals surface area (Å²) in [6.07, 6.45) is 0. The van der Waals surface area contributed by atoms with Crippen LogP contribution in [0, 0.1) is 11.3 Å². The Labute approximate surface area is 120 Å². The van der Waals surface area contributed by atoms with Gasteiger partial charge in [-0.25, -0.2) is 5.84 Å². The number of nitrogens with zero attached hydrogens (tertiary/aromatic N) is 4. The lowest BCUT2D eigenvalue weighted by molar-refractivity contribution is 0.379. The van der Waals surface area contributed by atoms with Crippen molar-refractivity contribution >= 4 is 17.6 Å². The van der Waals surface area contributed by atoms with Gasteiger partial charge < -0.3 is 14.8 Å². The van der Waals surface area contributed by atoms with Crippen molar-refractivity contribution in [3.63, 3.8) is 0 Å². The fourth-order valence-electron chi connectivity index (χ4n) is 1.55. The van der Waals surface area contributed by atoms with E-state index in [1.807, 2.05) is 6.07 Å². The molecule has 0 atom stereocenters. The predicted octanol–water partition coefficient (Wildman–Crippen LogP) is 0.790. The minimum absolute atomic E-state index is 0.105. The minimum Gasteiger partial charge on any atom is -0.495 e. The molecule has 0 radical (unpaired) electrons. The monoisotopic (exact) mass is 287 g/mol. The van der Waals surface area contributed by atoms with E-state index in [2.05, 4.69) is 25.7 Å². The molecule has 0 saturated heterocycles. The number of nitriles is 1. The van der Waals surface area contributed by atoms with E-state index in [1.54, 1.807) is 18.2 Å². The molecule has 4 N–H and O–H groups in total. The maximum Gasteiger partial charge on any atom is 0.322 e. The number of hydrogen-bond acceptors (Lipinski definition) is 9. The summed E-state index contributed by atoms with van der Waals surface area (Å²) in [4.78, 5) is 12.0. The maximum absolute atomic E-state index is 8.88. The average Bonchev–Trinajstić information content (AvgIpc) is 2.54. The number of hydrazine groups is 1. The second-order valence-corrected chi connectivity index (χ2v) is 3.77. The van der Waals surface area contributed by atoms with Crippen LogP contribution in [-0.2, 0) is 0 Å². The summed E-state index contributed by atoms with van der Waals surface area (Å²) in [6, 6.07) is 7.07. The van der Waals surface area contributed by atoms with E-state index in [1.165, 1.54) is 14.2 Å². The first-order chi connectivity index (χ1) is 10.2. The highest BCUT2D eigenvalue weighted by molar-refractivity contribution is 5.64. The quantitative estimate of drug-likeness (QED) is 0.539. The number of rotatable bonds is 5. The van der Waals surface area contributed by atoms with E-state index in [4.69, 9.17) is 20.6 Å². The number of aromatic nitrogens is 3. The van der Waals surface area contributed by atoms with Crippen LogP contribution in [0.25, 0.3) is 0 Å². The van der Waals surface area contributed by atoms with Crippen molar-refractivity contribution in [3.8, 4) is 17.8 Å². The molecule has 0 aliphatic heterocycles. The molecule has 0 aliphatic carbocycles. The van der Waals surface area contributed by atoms with Gasteiger partial charge in [0.2, 0.25) is 11.9 Å².